The second-order valence-electron chi connectivity index (χ2n) is 7.49. The quantitative estimate of drug-likeness (QED) is 0.612. The van der Waals surface area contributed by atoms with Gasteiger partial charge < -0.3 is 20.7 Å². The largest absolute Gasteiger partial charge is 0.491 e. The normalized spacial score (nSPS) is 15.4. The Kier molecular flexibility index (Phi) is 6.50. The Morgan fingerprint density at radius 1 is 1.29 bits per heavy atom. The number of amides is 2. The van der Waals surface area contributed by atoms with E-state index in [-0.39, 0.29) is 12.0 Å². The molecule has 31 heavy (non-hydrogen) atoms. The summed E-state index contributed by atoms with van der Waals surface area (Å²) in [4.78, 5) is 25.2. The third kappa shape index (κ3) is 4.71. The molecule has 0 saturated carbocycles. The van der Waals surface area contributed by atoms with Gasteiger partial charge in [-0.25, -0.2) is 14.8 Å². The molecule has 0 unspecified atom stereocenters. The maximum absolute atomic E-state index is 12.4. The fraction of sp³-hybridized carbons (Fsp3) is 0.381. The summed E-state index contributed by atoms with van der Waals surface area (Å²) in [6, 6.07) is 3.16. The molecule has 8 nitrogen and oxygen atoms in total. The van der Waals surface area contributed by atoms with Crippen LogP contribution in [0.1, 0.15) is 17.7 Å². The number of anilines is 1. The molecule has 164 valence electrons. The minimum Gasteiger partial charge on any atom is -0.491 e. The maximum atomic E-state index is 12.4. The van der Waals surface area contributed by atoms with Gasteiger partial charge in [0.25, 0.3) is 0 Å². The first-order valence-corrected chi connectivity index (χ1v) is 10.9. The Morgan fingerprint density at radius 2 is 2.10 bits per heavy atom. The van der Waals surface area contributed by atoms with E-state index in [9.17, 15) is 4.79 Å². The Morgan fingerprint density at radius 3 is 2.81 bits per heavy atom. The summed E-state index contributed by atoms with van der Waals surface area (Å²) in [7, 11) is 0. The molecule has 4 rings (SSSR count). The van der Waals surface area contributed by atoms with Gasteiger partial charge >= 0.3 is 6.03 Å². The lowest BCUT2D eigenvalue weighted by atomic mass is 10.0. The molecular weight excluding hydrogens is 439 g/mol. The smallest absolute Gasteiger partial charge is 0.318 e. The number of nitrogens with two attached hydrogens (primary N) is 1. The minimum atomic E-state index is -0.212. The first-order chi connectivity index (χ1) is 15.0. The van der Waals surface area contributed by atoms with Gasteiger partial charge in [0.1, 0.15) is 12.4 Å². The van der Waals surface area contributed by atoms with Crippen molar-refractivity contribution in [3.05, 3.63) is 46.1 Å². The zero-order valence-electron chi connectivity index (χ0n) is 17.0. The number of hydrogen-bond donors (Lipinski definition) is 2. The van der Waals surface area contributed by atoms with Gasteiger partial charge in [-0.05, 0) is 31.6 Å². The standard InChI is InChI=1S/C21H24Cl2N6O2/c1-2-4-25-21(30)29-11-14-16(12-29)26-20(24)27-19(14)18-15(23)9-13(22)10-17(18)31-8-7-28-5-3-6-28/h2,9-10H,1,3-8,11-12H2,(H,25,30)(H2,24,26,27). The van der Waals surface area contributed by atoms with Crippen LogP contribution >= 0.6 is 23.2 Å². The predicted molar refractivity (Wildman–Crippen MR) is 121 cm³/mol. The first-order valence-electron chi connectivity index (χ1n) is 10.1. The number of aromatic nitrogens is 2. The number of hydrogen-bond acceptors (Lipinski definition) is 6. The van der Waals surface area contributed by atoms with Gasteiger partial charge in [-0.3, -0.25) is 4.90 Å². The average molecular weight is 463 g/mol. The van der Waals surface area contributed by atoms with Crippen molar-refractivity contribution >= 4 is 35.2 Å². The molecule has 0 atom stereocenters. The molecule has 0 radical (unpaired) electrons. The van der Waals surface area contributed by atoms with E-state index in [0.29, 0.717) is 59.0 Å². The fourth-order valence-corrected chi connectivity index (χ4v) is 4.24. The highest BCUT2D eigenvalue weighted by Gasteiger charge is 2.30. The van der Waals surface area contributed by atoms with Crippen LogP contribution in [0.2, 0.25) is 10.0 Å². The lowest BCUT2D eigenvalue weighted by Crippen LogP contribution is -2.39. The summed E-state index contributed by atoms with van der Waals surface area (Å²) in [5.74, 6) is 0.646. The molecule has 10 heteroatoms. The molecule has 3 N–H and O–H groups in total. The number of ether oxygens (including phenoxy) is 1. The zero-order valence-corrected chi connectivity index (χ0v) is 18.5. The van der Waals surface area contributed by atoms with Crippen LogP contribution in [0.4, 0.5) is 10.7 Å². The van der Waals surface area contributed by atoms with E-state index in [1.54, 1.807) is 23.1 Å². The Hall–Kier alpha value is -2.55. The van der Waals surface area contributed by atoms with E-state index in [2.05, 4.69) is 26.8 Å². The highest BCUT2D eigenvalue weighted by Crippen LogP contribution is 2.42. The number of benzene rings is 1. The van der Waals surface area contributed by atoms with Crippen LogP contribution in [0.3, 0.4) is 0 Å². The summed E-state index contributed by atoms with van der Waals surface area (Å²) in [6.07, 6.45) is 2.85. The lowest BCUT2D eigenvalue weighted by Gasteiger charge is -2.30. The number of carbonyl (C=O) groups excluding carboxylic acids is 1. The maximum Gasteiger partial charge on any atom is 0.318 e. The van der Waals surface area contributed by atoms with Crippen molar-refractivity contribution in [3.8, 4) is 17.0 Å². The van der Waals surface area contributed by atoms with E-state index in [1.807, 2.05) is 0 Å². The summed E-state index contributed by atoms with van der Waals surface area (Å²) in [5.41, 5.74) is 8.64. The van der Waals surface area contributed by atoms with Crippen molar-refractivity contribution in [2.24, 2.45) is 0 Å². The molecular formula is C21H24Cl2N6O2. The Labute approximate surface area is 191 Å². The molecule has 0 aliphatic carbocycles. The lowest BCUT2D eigenvalue weighted by molar-refractivity contribution is 0.147. The van der Waals surface area contributed by atoms with Gasteiger partial charge in [-0.15, -0.1) is 6.58 Å². The van der Waals surface area contributed by atoms with Crippen molar-refractivity contribution in [1.29, 1.82) is 0 Å². The van der Waals surface area contributed by atoms with Crippen molar-refractivity contribution in [1.82, 2.24) is 25.1 Å². The molecule has 1 fully saturated rings. The first kappa shape index (κ1) is 21.7. The molecule has 0 bridgehead atoms. The van der Waals surface area contributed by atoms with E-state index < -0.39 is 0 Å². The molecule has 1 aromatic heterocycles. The van der Waals surface area contributed by atoms with Gasteiger partial charge in [-0.1, -0.05) is 29.3 Å². The van der Waals surface area contributed by atoms with E-state index in [4.69, 9.17) is 33.7 Å². The molecule has 2 aliphatic rings. The number of urea groups is 1. The van der Waals surface area contributed by atoms with Gasteiger partial charge in [0.15, 0.2) is 0 Å². The Bertz CT molecular complexity index is 1010. The van der Waals surface area contributed by atoms with Crippen molar-refractivity contribution in [2.45, 2.75) is 19.5 Å². The second kappa shape index (κ2) is 9.30. The molecule has 0 spiro atoms. The number of halogens is 2. The summed E-state index contributed by atoms with van der Waals surface area (Å²) in [5, 5.41) is 3.65. The van der Waals surface area contributed by atoms with Crippen molar-refractivity contribution in [3.63, 3.8) is 0 Å². The van der Waals surface area contributed by atoms with Gasteiger partial charge in [-0.2, -0.15) is 0 Å². The van der Waals surface area contributed by atoms with Crippen molar-refractivity contribution in [2.75, 3.05) is 38.5 Å². The number of nitrogen functional groups attached to an aromatic ring is 1. The monoisotopic (exact) mass is 462 g/mol. The SMILES string of the molecule is C=CCNC(=O)N1Cc2nc(N)nc(-c3c(Cl)cc(Cl)cc3OCCN3CCC3)c2C1. The summed E-state index contributed by atoms with van der Waals surface area (Å²) < 4.78 is 6.07. The highest BCUT2D eigenvalue weighted by atomic mass is 35.5. The summed E-state index contributed by atoms with van der Waals surface area (Å²) in [6.45, 7) is 8.17. The number of nitrogens with zero attached hydrogens (tertiary/aromatic N) is 4. The van der Waals surface area contributed by atoms with Crippen LogP contribution in [0.25, 0.3) is 11.3 Å². The van der Waals surface area contributed by atoms with E-state index >= 15 is 0 Å². The zero-order chi connectivity index (χ0) is 22.0. The van der Waals surface area contributed by atoms with Crippen LogP contribution in [-0.4, -0.2) is 58.6 Å². The fourth-order valence-electron chi connectivity index (χ4n) is 3.68. The van der Waals surface area contributed by atoms with Crippen LogP contribution in [0, 0.1) is 0 Å². The van der Waals surface area contributed by atoms with E-state index in [1.165, 1.54) is 6.42 Å². The molecule has 2 aliphatic heterocycles. The van der Waals surface area contributed by atoms with Gasteiger partial charge in [0, 0.05) is 23.7 Å². The minimum absolute atomic E-state index is 0.111. The third-order valence-corrected chi connectivity index (χ3v) is 5.87. The second-order valence-corrected chi connectivity index (χ2v) is 8.33. The third-order valence-electron chi connectivity index (χ3n) is 5.35. The molecule has 1 aromatic carbocycles. The topological polar surface area (TPSA) is 96.6 Å². The van der Waals surface area contributed by atoms with Crippen molar-refractivity contribution < 1.29 is 9.53 Å². The van der Waals surface area contributed by atoms with Crippen LogP contribution in [0.15, 0.2) is 24.8 Å². The van der Waals surface area contributed by atoms with E-state index in [0.717, 1.165) is 25.2 Å². The number of carbonyl (C=O) groups is 1. The number of likely N-dealkylation sites (tertiary alicyclic amines) is 1. The molecule has 3 heterocycles. The van der Waals surface area contributed by atoms with Gasteiger partial charge in [0.05, 0.1) is 35.1 Å². The van der Waals surface area contributed by atoms with Crippen LogP contribution < -0.4 is 15.8 Å². The molecule has 1 saturated heterocycles. The number of nitrogens with one attached hydrogen (secondary N) is 1. The molecule has 2 aromatic rings. The summed E-state index contributed by atoms with van der Waals surface area (Å²) >= 11 is 12.8. The van der Waals surface area contributed by atoms with Crippen LogP contribution in [0.5, 0.6) is 5.75 Å². The number of fused-ring (bicyclic) bond motifs is 1. The average Bonchev–Trinajstić information content (AvgIpc) is 3.11. The molecule has 2 amide bonds. The Balaban J connectivity index is 1.65. The van der Waals surface area contributed by atoms with Gasteiger partial charge in [0.2, 0.25) is 5.95 Å². The highest BCUT2D eigenvalue weighted by molar-refractivity contribution is 6.37. The predicted octanol–water partition coefficient (Wildman–Crippen LogP) is 3.33. The number of rotatable bonds is 7. The van der Waals surface area contributed by atoms with Crippen LogP contribution in [-0.2, 0) is 13.1 Å².